The number of ketones is 1. The van der Waals surface area contributed by atoms with Crippen LogP contribution in [0.5, 0.6) is 0 Å². The number of unbranched alkanes of at least 4 members (excludes halogenated alkanes) is 1. The Balaban J connectivity index is 2.19. The zero-order valence-electron chi connectivity index (χ0n) is 20.5. The van der Waals surface area contributed by atoms with Crippen molar-refractivity contribution in [1.29, 1.82) is 0 Å². The topological polar surface area (TPSA) is 72.8 Å². The SMILES string of the molecule is COC(=O)CCCC=CC[C@H]1C(=O)C[C@@H](O[Si](C)(C)C(C)(C)C)[C@@H]1c1ccc(CO)cc1. The first-order valence-electron chi connectivity index (χ1n) is 11.6. The van der Waals surface area contributed by atoms with Gasteiger partial charge < -0.3 is 14.3 Å². The van der Waals surface area contributed by atoms with Gasteiger partial charge in [-0.1, -0.05) is 57.2 Å². The first-order valence-corrected chi connectivity index (χ1v) is 14.5. The Hall–Kier alpha value is -1.76. The fourth-order valence-corrected chi connectivity index (χ4v) is 5.34. The molecule has 1 aromatic rings. The van der Waals surface area contributed by atoms with Crippen LogP contribution in [-0.4, -0.2) is 38.4 Å². The van der Waals surface area contributed by atoms with Crippen LogP contribution in [0.25, 0.3) is 0 Å². The molecule has 178 valence electrons. The lowest BCUT2D eigenvalue weighted by atomic mass is 9.85. The van der Waals surface area contributed by atoms with Gasteiger partial charge in [0.15, 0.2) is 8.32 Å². The lowest BCUT2D eigenvalue weighted by molar-refractivity contribution is -0.140. The van der Waals surface area contributed by atoms with E-state index in [9.17, 15) is 14.7 Å². The average Bonchev–Trinajstić information content (AvgIpc) is 3.03. The molecule has 1 fully saturated rings. The molecule has 1 aromatic carbocycles. The van der Waals surface area contributed by atoms with E-state index in [2.05, 4.69) is 50.8 Å². The second kappa shape index (κ2) is 11.4. The van der Waals surface area contributed by atoms with Crippen LogP contribution in [0.2, 0.25) is 18.1 Å². The Bertz CT molecular complexity index is 791. The number of ether oxygens (including phenoxy) is 1. The van der Waals surface area contributed by atoms with Crippen LogP contribution < -0.4 is 0 Å². The average molecular weight is 461 g/mol. The fourth-order valence-electron chi connectivity index (χ4n) is 4.00. The zero-order valence-corrected chi connectivity index (χ0v) is 21.5. The van der Waals surface area contributed by atoms with Crippen LogP contribution in [-0.2, 0) is 25.4 Å². The van der Waals surface area contributed by atoms with Crippen LogP contribution in [0.4, 0.5) is 0 Å². The van der Waals surface area contributed by atoms with E-state index in [4.69, 9.17) is 4.43 Å². The van der Waals surface area contributed by atoms with Gasteiger partial charge in [-0.3, -0.25) is 9.59 Å². The quantitative estimate of drug-likeness (QED) is 0.215. The highest BCUT2D eigenvalue weighted by Crippen LogP contribution is 2.46. The summed E-state index contributed by atoms with van der Waals surface area (Å²) in [5.74, 6) is -0.0591. The summed E-state index contributed by atoms with van der Waals surface area (Å²) in [4.78, 5) is 24.3. The molecule has 0 unspecified atom stereocenters. The van der Waals surface area contributed by atoms with Crippen LogP contribution in [0.3, 0.4) is 0 Å². The highest BCUT2D eigenvalue weighted by Gasteiger charge is 2.48. The number of hydrogen-bond acceptors (Lipinski definition) is 5. The number of allylic oxidation sites excluding steroid dienone is 2. The standard InChI is InChI=1S/C26H40O5Si/c1-26(2,3)32(5,6)31-23-17-22(28)21(11-9-7-8-10-12-24(29)30-4)25(23)20-15-13-19(18-27)14-16-20/h7,9,13-16,21,23,25,27H,8,10-12,17-18H2,1-6H3/t21-,23+,25+/m0/s1. The molecule has 32 heavy (non-hydrogen) atoms. The van der Waals surface area contributed by atoms with Crippen molar-refractivity contribution in [2.75, 3.05) is 7.11 Å². The van der Waals surface area contributed by atoms with Gasteiger partial charge >= 0.3 is 5.97 Å². The summed E-state index contributed by atoms with van der Waals surface area (Å²) < 4.78 is 11.4. The van der Waals surface area contributed by atoms with Gasteiger partial charge in [-0.15, -0.1) is 0 Å². The van der Waals surface area contributed by atoms with E-state index < -0.39 is 8.32 Å². The van der Waals surface area contributed by atoms with Crippen molar-refractivity contribution in [3.63, 3.8) is 0 Å². The lowest BCUT2D eigenvalue weighted by Gasteiger charge is -2.40. The highest BCUT2D eigenvalue weighted by molar-refractivity contribution is 6.74. The molecule has 5 nitrogen and oxygen atoms in total. The number of carbonyl (C=O) groups excluding carboxylic acids is 2. The van der Waals surface area contributed by atoms with E-state index in [1.165, 1.54) is 7.11 Å². The van der Waals surface area contributed by atoms with Gasteiger partial charge in [-0.2, -0.15) is 0 Å². The molecule has 1 N–H and O–H groups in total. The second-order valence-electron chi connectivity index (χ2n) is 10.3. The van der Waals surface area contributed by atoms with Gasteiger partial charge in [0.25, 0.3) is 0 Å². The van der Waals surface area contributed by atoms with Crippen molar-refractivity contribution < 1.29 is 23.9 Å². The molecule has 0 aromatic heterocycles. The van der Waals surface area contributed by atoms with Gasteiger partial charge in [0.1, 0.15) is 5.78 Å². The maximum atomic E-state index is 13.1. The van der Waals surface area contributed by atoms with Crippen molar-refractivity contribution in [1.82, 2.24) is 0 Å². The minimum Gasteiger partial charge on any atom is -0.469 e. The number of Topliss-reactive ketones (excluding diaryl/α,β-unsaturated/α-hetero) is 1. The normalized spacial score (nSPS) is 22.0. The van der Waals surface area contributed by atoms with Crippen LogP contribution in [0.15, 0.2) is 36.4 Å². The van der Waals surface area contributed by atoms with E-state index in [1.807, 2.05) is 24.3 Å². The molecule has 6 heteroatoms. The molecule has 0 spiro atoms. The predicted molar refractivity (Wildman–Crippen MR) is 130 cm³/mol. The number of methoxy groups -OCH3 is 1. The van der Waals surface area contributed by atoms with E-state index >= 15 is 0 Å². The number of carbonyl (C=O) groups is 2. The molecule has 1 aliphatic carbocycles. The van der Waals surface area contributed by atoms with Crippen molar-refractivity contribution in [2.45, 2.75) is 89.6 Å². The summed E-state index contributed by atoms with van der Waals surface area (Å²) in [5, 5.41) is 9.48. The van der Waals surface area contributed by atoms with Crippen LogP contribution in [0, 0.1) is 5.92 Å². The third-order valence-corrected chi connectivity index (χ3v) is 11.5. The molecule has 2 rings (SSSR count). The van der Waals surface area contributed by atoms with Crippen molar-refractivity contribution in [3.8, 4) is 0 Å². The maximum absolute atomic E-state index is 13.1. The number of rotatable bonds is 10. The summed E-state index contributed by atoms with van der Waals surface area (Å²) in [6.45, 7) is 11.1. The molecule has 1 saturated carbocycles. The van der Waals surface area contributed by atoms with E-state index in [0.29, 0.717) is 19.3 Å². The molecule has 0 heterocycles. The first-order chi connectivity index (χ1) is 15.0. The molecule has 0 bridgehead atoms. The predicted octanol–water partition coefficient (Wildman–Crippen LogP) is 5.53. The van der Waals surface area contributed by atoms with E-state index in [1.54, 1.807) is 0 Å². The molecule has 0 radical (unpaired) electrons. The molecule has 1 aliphatic rings. The maximum Gasteiger partial charge on any atom is 0.305 e. The summed E-state index contributed by atoms with van der Waals surface area (Å²) in [7, 11) is -0.637. The van der Waals surface area contributed by atoms with Gasteiger partial charge in [-0.25, -0.2) is 0 Å². The summed E-state index contributed by atoms with van der Waals surface area (Å²) in [6, 6.07) is 7.93. The monoisotopic (exact) mass is 460 g/mol. The zero-order chi connectivity index (χ0) is 23.9. The van der Waals surface area contributed by atoms with Crippen molar-refractivity contribution in [2.24, 2.45) is 5.92 Å². The summed E-state index contributed by atoms with van der Waals surface area (Å²) >= 11 is 0. The number of aliphatic hydroxyl groups is 1. The largest absolute Gasteiger partial charge is 0.469 e. The molecule has 3 atom stereocenters. The van der Waals surface area contributed by atoms with E-state index in [0.717, 1.165) is 24.0 Å². The molecule has 0 saturated heterocycles. The van der Waals surface area contributed by atoms with Crippen molar-refractivity contribution >= 4 is 20.1 Å². The van der Waals surface area contributed by atoms with Gasteiger partial charge in [-0.05, 0) is 48.5 Å². The number of aliphatic hydroxyl groups excluding tert-OH is 1. The Morgan fingerprint density at radius 2 is 1.84 bits per heavy atom. The Kier molecular flexibility index (Phi) is 9.43. The van der Waals surface area contributed by atoms with E-state index in [-0.39, 0.29) is 41.3 Å². The fraction of sp³-hybridized carbons (Fsp3) is 0.615. The van der Waals surface area contributed by atoms with Crippen molar-refractivity contribution in [3.05, 3.63) is 47.5 Å². The number of hydrogen-bond donors (Lipinski definition) is 1. The molecular weight excluding hydrogens is 420 g/mol. The summed E-state index contributed by atoms with van der Waals surface area (Å²) in [5.41, 5.74) is 1.96. The molecule has 0 aliphatic heterocycles. The summed E-state index contributed by atoms with van der Waals surface area (Å²) in [6.07, 6.45) is 7.06. The van der Waals surface area contributed by atoms with Gasteiger partial charge in [0.05, 0.1) is 19.8 Å². The molecule has 0 amide bonds. The minimum absolute atomic E-state index is 0.00378. The minimum atomic E-state index is -2.04. The Labute approximate surface area is 194 Å². The Morgan fingerprint density at radius 3 is 2.41 bits per heavy atom. The first kappa shape index (κ1) is 26.5. The Morgan fingerprint density at radius 1 is 1.19 bits per heavy atom. The smallest absolute Gasteiger partial charge is 0.305 e. The lowest BCUT2D eigenvalue weighted by Crippen LogP contribution is -2.44. The third-order valence-electron chi connectivity index (χ3n) is 6.99. The highest BCUT2D eigenvalue weighted by atomic mass is 28.4. The van der Waals surface area contributed by atoms with Gasteiger partial charge in [0.2, 0.25) is 0 Å². The van der Waals surface area contributed by atoms with Crippen LogP contribution in [0.1, 0.15) is 69.9 Å². The molecular formula is C26H40O5Si. The van der Waals surface area contributed by atoms with Gasteiger partial charge in [0, 0.05) is 24.7 Å². The van der Waals surface area contributed by atoms with Crippen LogP contribution >= 0.6 is 0 Å². The second-order valence-corrected chi connectivity index (χ2v) is 15.1. The number of benzene rings is 1. The third kappa shape index (κ3) is 6.87. The number of esters is 1.